The number of rotatable bonds is 19. The number of nitrogens with one attached hydrogen (secondary N) is 2. The molecule has 29 heavy (non-hydrogen) atoms. The number of likely N-dealkylation sites (N-methyl/N-ethyl adjacent to an activating group) is 1. The van der Waals surface area contributed by atoms with Crippen molar-refractivity contribution in [2.45, 2.75) is 97.1 Å². The summed E-state index contributed by atoms with van der Waals surface area (Å²) in [5.74, 6) is 0.257. The van der Waals surface area contributed by atoms with Crippen LogP contribution in [-0.2, 0) is 9.59 Å². The number of hydrogen-bond donors (Lipinski definition) is 2. The van der Waals surface area contributed by atoms with Crippen LogP contribution in [0, 0.1) is 0 Å². The first-order chi connectivity index (χ1) is 14.0. The minimum absolute atomic E-state index is 0.129. The molecular weight excluding hydrogens is 362 g/mol. The van der Waals surface area contributed by atoms with E-state index in [1.165, 1.54) is 0 Å². The van der Waals surface area contributed by atoms with Gasteiger partial charge in [-0.15, -0.1) is 13.2 Å². The molecule has 2 amide bonds. The maximum atomic E-state index is 12.0. The summed E-state index contributed by atoms with van der Waals surface area (Å²) >= 11 is 0. The Morgan fingerprint density at radius 1 is 0.793 bits per heavy atom. The smallest absolute Gasteiger partial charge is 0.220 e. The van der Waals surface area contributed by atoms with Crippen molar-refractivity contribution in [2.24, 2.45) is 0 Å². The van der Waals surface area contributed by atoms with E-state index in [0.717, 1.165) is 57.9 Å². The summed E-state index contributed by atoms with van der Waals surface area (Å²) in [5, 5.41) is 6.11. The highest BCUT2D eigenvalue weighted by Crippen LogP contribution is 2.07. The highest BCUT2D eigenvalue weighted by atomic mass is 16.2. The average Bonchev–Trinajstić information content (AvgIpc) is 2.71. The van der Waals surface area contributed by atoms with Crippen LogP contribution in [-0.4, -0.2) is 48.4 Å². The van der Waals surface area contributed by atoms with E-state index in [4.69, 9.17) is 0 Å². The molecule has 168 valence electrons. The molecule has 0 radical (unpaired) electrons. The first-order valence-electron chi connectivity index (χ1n) is 11.5. The predicted molar refractivity (Wildman–Crippen MR) is 124 cm³/mol. The molecule has 0 aliphatic rings. The van der Waals surface area contributed by atoms with Crippen molar-refractivity contribution in [3.8, 4) is 0 Å². The van der Waals surface area contributed by atoms with Gasteiger partial charge in [-0.25, -0.2) is 0 Å². The summed E-state index contributed by atoms with van der Waals surface area (Å²) in [7, 11) is 0. The molecule has 2 N–H and O–H groups in total. The minimum atomic E-state index is 0.129. The van der Waals surface area contributed by atoms with Gasteiger partial charge in [0.1, 0.15) is 0 Å². The molecule has 0 fully saturated rings. The summed E-state index contributed by atoms with van der Waals surface area (Å²) in [5.41, 5.74) is 0. The number of carbonyl (C=O) groups is 2. The normalized spacial score (nSPS) is 13.0. The van der Waals surface area contributed by atoms with Gasteiger partial charge in [0.25, 0.3) is 0 Å². The summed E-state index contributed by atoms with van der Waals surface area (Å²) in [6, 6.07) is 0.464. The van der Waals surface area contributed by atoms with E-state index >= 15 is 0 Å². The Morgan fingerprint density at radius 2 is 1.21 bits per heavy atom. The molecule has 2 unspecified atom stereocenters. The van der Waals surface area contributed by atoms with E-state index in [-0.39, 0.29) is 23.9 Å². The second-order valence-electron chi connectivity index (χ2n) is 7.91. The van der Waals surface area contributed by atoms with Gasteiger partial charge < -0.3 is 10.6 Å². The van der Waals surface area contributed by atoms with E-state index in [2.05, 4.69) is 49.5 Å². The van der Waals surface area contributed by atoms with Crippen molar-refractivity contribution in [3.63, 3.8) is 0 Å². The Kier molecular flexibility index (Phi) is 17.4. The van der Waals surface area contributed by atoms with Gasteiger partial charge in [-0.1, -0.05) is 31.9 Å². The average molecular weight is 408 g/mol. The van der Waals surface area contributed by atoms with Gasteiger partial charge in [-0.2, -0.15) is 0 Å². The third-order valence-electron chi connectivity index (χ3n) is 5.31. The van der Waals surface area contributed by atoms with Crippen LogP contribution in [0.5, 0.6) is 0 Å². The number of nitrogens with zero attached hydrogens (tertiary/aromatic N) is 1. The van der Waals surface area contributed by atoms with Gasteiger partial charge >= 0.3 is 0 Å². The number of allylic oxidation sites excluding steroid dienone is 2. The Labute approximate surface area is 179 Å². The Balaban J connectivity index is 4.06. The summed E-state index contributed by atoms with van der Waals surface area (Å²) in [6.45, 7) is 16.0. The molecule has 0 aromatic rings. The zero-order valence-corrected chi connectivity index (χ0v) is 19.2. The molecular formula is C24H45N3O2. The van der Waals surface area contributed by atoms with Crippen LogP contribution in [0.15, 0.2) is 25.3 Å². The number of carbonyl (C=O) groups excluding carboxylic acids is 2. The monoisotopic (exact) mass is 407 g/mol. The number of unbranched alkanes of at least 4 members (excludes halogenated alkanes) is 6. The standard InChI is InChI=1S/C24H45N3O2/c1-6-9-11-13-15-17-23(28)25-19-21(4)27(8-3)22(5)20-26-24(29)18-16-14-12-10-7-2/h6-7,21-22H,1-2,8-20H2,3-5H3,(H,25,28)(H,26,29). The van der Waals surface area contributed by atoms with Gasteiger partial charge in [0.05, 0.1) is 0 Å². The molecule has 0 aliphatic heterocycles. The highest BCUT2D eigenvalue weighted by molar-refractivity contribution is 5.76. The fourth-order valence-electron chi connectivity index (χ4n) is 3.49. The van der Waals surface area contributed by atoms with Crippen LogP contribution in [0.1, 0.15) is 85.0 Å². The lowest BCUT2D eigenvalue weighted by Crippen LogP contribution is -2.50. The van der Waals surface area contributed by atoms with Crippen LogP contribution in [0.25, 0.3) is 0 Å². The van der Waals surface area contributed by atoms with Crippen LogP contribution >= 0.6 is 0 Å². The van der Waals surface area contributed by atoms with Crippen LogP contribution in [0.3, 0.4) is 0 Å². The van der Waals surface area contributed by atoms with Crippen LogP contribution < -0.4 is 10.6 Å². The molecule has 0 aromatic heterocycles. The van der Waals surface area contributed by atoms with Crippen molar-refractivity contribution in [1.29, 1.82) is 0 Å². The van der Waals surface area contributed by atoms with Gasteiger partial charge in [0.15, 0.2) is 0 Å². The topological polar surface area (TPSA) is 61.4 Å². The lowest BCUT2D eigenvalue weighted by atomic mass is 10.1. The van der Waals surface area contributed by atoms with Crippen molar-refractivity contribution in [3.05, 3.63) is 25.3 Å². The molecule has 0 bridgehead atoms. The van der Waals surface area contributed by atoms with E-state index in [9.17, 15) is 9.59 Å². The lowest BCUT2D eigenvalue weighted by Gasteiger charge is -2.34. The maximum Gasteiger partial charge on any atom is 0.220 e. The molecule has 0 aromatic carbocycles. The molecule has 0 aliphatic carbocycles. The van der Waals surface area contributed by atoms with Gasteiger partial charge in [0.2, 0.25) is 11.8 Å². The molecule has 0 rings (SSSR count). The lowest BCUT2D eigenvalue weighted by molar-refractivity contribution is -0.121. The van der Waals surface area contributed by atoms with E-state index in [1.807, 2.05) is 12.2 Å². The van der Waals surface area contributed by atoms with Gasteiger partial charge in [-0.3, -0.25) is 14.5 Å². The third kappa shape index (κ3) is 15.0. The second-order valence-corrected chi connectivity index (χ2v) is 7.91. The Hall–Kier alpha value is -1.62. The quantitative estimate of drug-likeness (QED) is 0.243. The van der Waals surface area contributed by atoms with E-state index in [0.29, 0.717) is 25.9 Å². The summed E-state index contributed by atoms with van der Waals surface area (Å²) < 4.78 is 0. The first-order valence-corrected chi connectivity index (χ1v) is 11.5. The van der Waals surface area contributed by atoms with Crippen molar-refractivity contribution < 1.29 is 9.59 Å². The Bertz CT molecular complexity index is 425. The largest absolute Gasteiger partial charge is 0.355 e. The SMILES string of the molecule is C=CCCCCCC(=O)NCC(C)N(CC)C(C)CNC(=O)CCCCCC=C. The van der Waals surface area contributed by atoms with E-state index in [1.54, 1.807) is 0 Å². The first kappa shape index (κ1) is 27.4. The number of amides is 2. The molecule has 5 heteroatoms. The van der Waals surface area contributed by atoms with Crippen LogP contribution in [0.4, 0.5) is 0 Å². The summed E-state index contributed by atoms with van der Waals surface area (Å²) in [6.07, 6.45) is 13.3. The minimum Gasteiger partial charge on any atom is -0.355 e. The predicted octanol–water partition coefficient (Wildman–Crippen LogP) is 4.59. The highest BCUT2D eigenvalue weighted by Gasteiger charge is 2.19. The van der Waals surface area contributed by atoms with Crippen molar-refractivity contribution >= 4 is 11.8 Å². The molecule has 5 nitrogen and oxygen atoms in total. The van der Waals surface area contributed by atoms with E-state index < -0.39 is 0 Å². The fourth-order valence-corrected chi connectivity index (χ4v) is 3.49. The van der Waals surface area contributed by atoms with Crippen molar-refractivity contribution in [1.82, 2.24) is 15.5 Å². The van der Waals surface area contributed by atoms with Crippen molar-refractivity contribution in [2.75, 3.05) is 19.6 Å². The third-order valence-corrected chi connectivity index (χ3v) is 5.31. The molecule has 2 atom stereocenters. The fraction of sp³-hybridized carbons (Fsp3) is 0.750. The molecule has 0 saturated heterocycles. The maximum absolute atomic E-state index is 12.0. The molecule has 0 heterocycles. The van der Waals surface area contributed by atoms with Gasteiger partial charge in [0, 0.05) is 38.0 Å². The van der Waals surface area contributed by atoms with Crippen LogP contribution in [0.2, 0.25) is 0 Å². The van der Waals surface area contributed by atoms with Gasteiger partial charge in [-0.05, 0) is 58.9 Å². The summed E-state index contributed by atoms with van der Waals surface area (Å²) in [4.78, 5) is 26.4. The molecule has 0 saturated carbocycles. The number of hydrogen-bond acceptors (Lipinski definition) is 3. The zero-order chi connectivity index (χ0) is 21.9. The Morgan fingerprint density at radius 3 is 1.55 bits per heavy atom. The zero-order valence-electron chi connectivity index (χ0n) is 19.2. The second kappa shape index (κ2) is 18.4. The molecule has 0 spiro atoms.